The third kappa shape index (κ3) is 6.67. The highest BCUT2D eigenvalue weighted by Crippen LogP contribution is 2.32. The lowest BCUT2D eigenvalue weighted by molar-refractivity contribution is -0.140. The smallest absolute Gasteiger partial charge is 0.396 e. The number of nitrogen functional groups attached to an aromatic ring is 1. The van der Waals surface area contributed by atoms with E-state index in [9.17, 15) is 27.6 Å². The van der Waals surface area contributed by atoms with Crippen molar-refractivity contribution in [3.8, 4) is 0 Å². The summed E-state index contributed by atoms with van der Waals surface area (Å²) in [5.74, 6) is -1.27. The van der Waals surface area contributed by atoms with Gasteiger partial charge in [-0.1, -0.05) is 12.2 Å². The number of hydrogen-bond acceptors (Lipinski definition) is 5. The first-order valence-electron chi connectivity index (χ1n) is 7.17. The molecule has 7 N–H and O–H groups in total. The van der Waals surface area contributed by atoms with Crippen LogP contribution in [0.4, 0.5) is 23.7 Å². The van der Waals surface area contributed by atoms with Crippen LogP contribution < -0.4 is 27.4 Å². The van der Waals surface area contributed by atoms with Gasteiger partial charge in [0.1, 0.15) is 0 Å². The standard InChI is InChI=1S/C14H17F3N6O3/c15-14(16,17)11-10(18)8(3-6-21-11)12(25)22-5-2-1-4-20-9(24)7-23-13(19)26/h1-3,6H,4-5,7,18H2,(H,20,24)(H,22,25)(H3,19,23,26)/b2-1+. The lowest BCUT2D eigenvalue weighted by Crippen LogP contribution is -2.39. The first kappa shape index (κ1) is 20.7. The Morgan fingerprint density at radius 1 is 1.12 bits per heavy atom. The first-order valence-corrected chi connectivity index (χ1v) is 7.17. The van der Waals surface area contributed by atoms with Crippen LogP contribution in [0.5, 0.6) is 0 Å². The molecular formula is C14H17F3N6O3. The minimum Gasteiger partial charge on any atom is -0.396 e. The third-order valence-electron chi connectivity index (χ3n) is 2.89. The number of primary amides is 1. The lowest BCUT2D eigenvalue weighted by atomic mass is 10.1. The molecule has 12 heteroatoms. The first-order chi connectivity index (χ1) is 12.1. The fraction of sp³-hybridized carbons (Fsp3) is 0.286. The number of alkyl halides is 3. The maximum Gasteiger partial charge on any atom is 0.435 e. The van der Waals surface area contributed by atoms with Gasteiger partial charge in [-0.15, -0.1) is 0 Å². The van der Waals surface area contributed by atoms with Crippen LogP contribution in [0, 0.1) is 0 Å². The molecule has 0 aliphatic rings. The Bertz CT molecular complexity index is 706. The summed E-state index contributed by atoms with van der Waals surface area (Å²) in [6.07, 6.45) is -0.942. The average Bonchev–Trinajstić information content (AvgIpc) is 2.54. The molecular weight excluding hydrogens is 357 g/mol. The normalized spacial score (nSPS) is 11.2. The van der Waals surface area contributed by atoms with Gasteiger partial charge in [0.25, 0.3) is 5.91 Å². The molecule has 0 aromatic carbocycles. The van der Waals surface area contributed by atoms with E-state index in [1.54, 1.807) is 0 Å². The number of carbonyl (C=O) groups excluding carboxylic acids is 3. The second-order valence-electron chi connectivity index (χ2n) is 4.82. The van der Waals surface area contributed by atoms with Crippen molar-refractivity contribution in [1.29, 1.82) is 0 Å². The fourth-order valence-corrected chi connectivity index (χ4v) is 1.71. The van der Waals surface area contributed by atoms with Crippen LogP contribution in [0.1, 0.15) is 16.1 Å². The Morgan fingerprint density at radius 2 is 1.73 bits per heavy atom. The summed E-state index contributed by atoms with van der Waals surface area (Å²) in [7, 11) is 0. The Morgan fingerprint density at radius 3 is 2.31 bits per heavy atom. The number of urea groups is 1. The molecule has 0 bridgehead atoms. The van der Waals surface area contributed by atoms with E-state index < -0.39 is 35.4 Å². The van der Waals surface area contributed by atoms with Crippen molar-refractivity contribution in [3.63, 3.8) is 0 Å². The quantitative estimate of drug-likeness (QED) is 0.417. The van der Waals surface area contributed by atoms with Crippen LogP contribution in [-0.2, 0) is 11.0 Å². The van der Waals surface area contributed by atoms with Gasteiger partial charge in [-0.2, -0.15) is 13.2 Å². The van der Waals surface area contributed by atoms with Crippen molar-refractivity contribution >= 4 is 23.5 Å². The lowest BCUT2D eigenvalue weighted by Gasteiger charge is -2.11. The second kappa shape index (κ2) is 9.25. The molecule has 0 spiro atoms. The van der Waals surface area contributed by atoms with Gasteiger partial charge in [-0.3, -0.25) is 9.59 Å². The molecule has 0 aliphatic heterocycles. The van der Waals surface area contributed by atoms with E-state index in [4.69, 9.17) is 11.5 Å². The Balaban J connectivity index is 2.46. The van der Waals surface area contributed by atoms with E-state index in [2.05, 4.69) is 20.9 Å². The van der Waals surface area contributed by atoms with Crippen LogP contribution >= 0.6 is 0 Å². The highest BCUT2D eigenvalue weighted by Gasteiger charge is 2.36. The predicted molar refractivity (Wildman–Crippen MR) is 85.7 cm³/mol. The number of anilines is 1. The molecule has 0 atom stereocenters. The van der Waals surface area contributed by atoms with E-state index in [-0.39, 0.29) is 25.2 Å². The minimum atomic E-state index is -4.76. The fourth-order valence-electron chi connectivity index (χ4n) is 1.71. The van der Waals surface area contributed by atoms with Gasteiger partial charge in [0, 0.05) is 19.3 Å². The summed E-state index contributed by atoms with van der Waals surface area (Å²) in [4.78, 5) is 36.7. The van der Waals surface area contributed by atoms with Crippen LogP contribution in [0.2, 0.25) is 0 Å². The monoisotopic (exact) mass is 374 g/mol. The molecule has 26 heavy (non-hydrogen) atoms. The topological polar surface area (TPSA) is 152 Å². The summed E-state index contributed by atoms with van der Waals surface area (Å²) >= 11 is 0. The molecule has 0 unspecified atom stereocenters. The van der Waals surface area contributed by atoms with Gasteiger partial charge in [-0.25, -0.2) is 9.78 Å². The zero-order valence-corrected chi connectivity index (χ0v) is 13.4. The highest BCUT2D eigenvalue weighted by atomic mass is 19.4. The van der Waals surface area contributed by atoms with Crippen molar-refractivity contribution in [2.75, 3.05) is 25.4 Å². The molecule has 1 rings (SSSR count). The molecule has 142 valence electrons. The van der Waals surface area contributed by atoms with Crippen molar-refractivity contribution < 1.29 is 27.6 Å². The maximum absolute atomic E-state index is 12.7. The number of pyridine rings is 1. The van der Waals surface area contributed by atoms with Gasteiger partial charge in [-0.05, 0) is 6.07 Å². The van der Waals surface area contributed by atoms with Gasteiger partial charge < -0.3 is 27.4 Å². The number of hydrogen-bond donors (Lipinski definition) is 5. The molecule has 0 saturated carbocycles. The zero-order valence-electron chi connectivity index (χ0n) is 13.4. The minimum absolute atomic E-state index is 0.00263. The summed E-state index contributed by atoms with van der Waals surface area (Å²) in [6.45, 7) is -0.162. The number of nitrogens with zero attached hydrogens (tertiary/aromatic N) is 1. The van der Waals surface area contributed by atoms with Gasteiger partial charge in [0.05, 0.1) is 17.8 Å². The number of nitrogens with one attached hydrogen (secondary N) is 3. The number of rotatable bonds is 7. The van der Waals surface area contributed by atoms with E-state index in [1.807, 2.05) is 0 Å². The Labute approximate surface area is 146 Å². The number of halogens is 3. The molecule has 1 heterocycles. The summed E-state index contributed by atoms with van der Waals surface area (Å²) in [6, 6.07) is 0.248. The molecule has 9 nitrogen and oxygen atoms in total. The van der Waals surface area contributed by atoms with Gasteiger partial charge in [0.15, 0.2) is 5.69 Å². The SMILES string of the molecule is NC(=O)NCC(=O)NC/C=C/CNC(=O)c1ccnc(C(F)(F)F)c1N. The molecule has 1 aromatic rings. The molecule has 0 radical (unpaired) electrons. The number of aromatic nitrogens is 1. The van der Waals surface area contributed by atoms with E-state index in [1.165, 1.54) is 12.2 Å². The Hall–Kier alpha value is -3.31. The number of carbonyl (C=O) groups is 3. The van der Waals surface area contributed by atoms with Crippen LogP contribution in [0.25, 0.3) is 0 Å². The molecule has 1 aromatic heterocycles. The van der Waals surface area contributed by atoms with Gasteiger partial charge >= 0.3 is 12.2 Å². The van der Waals surface area contributed by atoms with Crippen molar-refractivity contribution in [3.05, 3.63) is 35.7 Å². The maximum atomic E-state index is 12.7. The van der Waals surface area contributed by atoms with Crippen LogP contribution in [-0.4, -0.2) is 42.5 Å². The predicted octanol–water partition coefficient (Wildman–Crippen LogP) is -0.247. The van der Waals surface area contributed by atoms with Gasteiger partial charge in [0.2, 0.25) is 5.91 Å². The summed E-state index contributed by atoms with van der Waals surface area (Å²) in [5.41, 5.74) is 7.73. The van der Waals surface area contributed by atoms with E-state index >= 15 is 0 Å². The van der Waals surface area contributed by atoms with E-state index in [0.29, 0.717) is 0 Å². The molecule has 0 aliphatic carbocycles. The Kier molecular flexibility index (Phi) is 7.37. The van der Waals surface area contributed by atoms with Crippen LogP contribution in [0.3, 0.4) is 0 Å². The van der Waals surface area contributed by atoms with Crippen molar-refractivity contribution in [1.82, 2.24) is 20.9 Å². The third-order valence-corrected chi connectivity index (χ3v) is 2.89. The van der Waals surface area contributed by atoms with Crippen molar-refractivity contribution in [2.45, 2.75) is 6.18 Å². The number of nitrogens with two attached hydrogens (primary N) is 2. The van der Waals surface area contributed by atoms with E-state index in [0.717, 1.165) is 12.3 Å². The largest absolute Gasteiger partial charge is 0.435 e. The highest BCUT2D eigenvalue weighted by molar-refractivity contribution is 5.99. The summed E-state index contributed by atoms with van der Waals surface area (Å²) in [5, 5.41) is 6.89. The summed E-state index contributed by atoms with van der Waals surface area (Å²) < 4.78 is 38.1. The zero-order chi connectivity index (χ0) is 19.7. The van der Waals surface area contributed by atoms with Crippen molar-refractivity contribution in [2.24, 2.45) is 5.73 Å². The molecule has 0 saturated heterocycles. The molecule has 0 fully saturated rings. The molecule has 4 amide bonds. The second-order valence-corrected chi connectivity index (χ2v) is 4.82. The average molecular weight is 374 g/mol. The van der Waals surface area contributed by atoms with Crippen LogP contribution in [0.15, 0.2) is 24.4 Å². The number of amides is 4.